The summed E-state index contributed by atoms with van der Waals surface area (Å²) in [4.78, 5) is 2.57. The second-order valence-corrected chi connectivity index (χ2v) is 7.61. The van der Waals surface area contributed by atoms with Gasteiger partial charge < -0.3 is 14.0 Å². The summed E-state index contributed by atoms with van der Waals surface area (Å²) in [5, 5.41) is 0. The fourth-order valence-electron chi connectivity index (χ4n) is 4.41. The van der Waals surface area contributed by atoms with E-state index in [4.69, 9.17) is 9.47 Å². The van der Waals surface area contributed by atoms with E-state index in [2.05, 4.69) is 71.1 Å². The zero-order valence-electron chi connectivity index (χ0n) is 17.6. The van der Waals surface area contributed by atoms with Crippen molar-refractivity contribution in [1.29, 1.82) is 0 Å². The van der Waals surface area contributed by atoms with Crippen LogP contribution in [0, 0.1) is 0 Å². The lowest BCUT2D eigenvalue weighted by molar-refractivity contribution is 0.215. The molecule has 2 aromatic carbocycles. The molecule has 1 aromatic heterocycles. The van der Waals surface area contributed by atoms with Crippen LogP contribution in [0.3, 0.4) is 0 Å². The van der Waals surface area contributed by atoms with Crippen molar-refractivity contribution in [1.82, 2.24) is 9.47 Å². The van der Waals surface area contributed by atoms with Crippen LogP contribution in [0.4, 0.5) is 0 Å². The Kier molecular flexibility index (Phi) is 5.91. The van der Waals surface area contributed by atoms with E-state index in [1.807, 2.05) is 6.07 Å². The first kappa shape index (κ1) is 19.6. The van der Waals surface area contributed by atoms with Gasteiger partial charge in [-0.05, 0) is 42.2 Å². The van der Waals surface area contributed by atoms with Gasteiger partial charge in [-0.3, -0.25) is 4.90 Å². The van der Waals surface area contributed by atoms with E-state index < -0.39 is 0 Å². The summed E-state index contributed by atoms with van der Waals surface area (Å²) in [6.07, 6.45) is 4.38. The molecule has 4 nitrogen and oxygen atoms in total. The third-order valence-corrected chi connectivity index (χ3v) is 5.90. The smallest absolute Gasteiger partial charge is 0.165 e. The van der Waals surface area contributed by atoms with Crippen LogP contribution < -0.4 is 9.47 Å². The summed E-state index contributed by atoms with van der Waals surface area (Å²) in [7, 11) is 3.43. The second-order valence-electron chi connectivity index (χ2n) is 7.61. The highest BCUT2D eigenvalue weighted by Gasteiger charge is 2.30. The van der Waals surface area contributed by atoms with E-state index in [1.165, 1.54) is 16.8 Å². The molecule has 1 atom stereocenters. The van der Waals surface area contributed by atoms with Gasteiger partial charge in [0.15, 0.2) is 11.5 Å². The summed E-state index contributed by atoms with van der Waals surface area (Å²) in [6.45, 7) is 5.17. The Morgan fingerprint density at radius 1 is 0.897 bits per heavy atom. The summed E-state index contributed by atoms with van der Waals surface area (Å²) >= 11 is 0. The van der Waals surface area contributed by atoms with Gasteiger partial charge in [-0.15, -0.1) is 0 Å². The van der Waals surface area contributed by atoms with Crippen LogP contribution in [0.5, 0.6) is 11.5 Å². The van der Waals surface area contributed by atoms with Gasteiger partial charge in [0.2, 0.25) is 0 Å². The molecule has 0 saturated carbocycles. The molecule has 0 radical (unpaired) electrons. The predicted octanol–water partition coefficient (Wildman–Crippen LogP) is 5.06. The van der Waals surface area contributed by atoms with Gasteiger partial charge in [0.05, 0.1) is 20.3 Å². The van der Waals surface area contributed by atoms with Crippen LogP contribution in [-0.2, 0) is 19.5 Å². The van der Waals surface area contributed by atoms with E-state index >= 15 is 0 Å². The van der Waals surface area contributed by atoms with Gasteiger partial charge in [-0.25, -0.2) is 0 Å². The molecule has 1 unspecified atom stereocenters. The number of fused-ring (bicyclic) bond motifs is 1. The summed E-state index contributed by atoms with van der Waals surface area (Å²) in [6, 6.07) is 19.7. The van der Waals surface area contributed by atoms with Crippen molar-refractivity contribution in [3.63, 3.8) is 0 Å². The zero-order chi connectivity index (χ0) is 20.2. The Morgan fingerprint density at radius 2 is 1.69 bits per heavy atom. The minimum absolute atomic E-state index is 0.114. The summed E-state index contributed by atoms with van der Waals surface area (Å²) < 4.78 is 13.8. The standard InChI is InChI=1S/C25H30N2O2/c1-4-19-11-13-20(14-12-19)18-27-17-7-16-26-15-6-9-22(26)24(27)21-8-5-10-23(28-2)25(21)29-3/h5-6,8-15,24H,4,7,16-18H2,1-3H3. The van der Waals surface area contributed by atoms with Gasteiger partial charge in [-0.1, -0.05) is 43.3 Å². The van der Waals surface area contributed by atoms with Crippen molar-refractivity contribution in [3.8, 4) is 11.5 Å². The number of ether oxygens (including phenoxy) is 2. The first-order chi connectivity index (χ1) is 14.2. The predicted molar refractivity (Wildman–Crippen MR) is 117 cm³/mol. The topological polar surface area (TPSA) is 26.6 Å². The van der Waals surface area contributed by atoms with Crippen LogP contribution in [0.1, 0.15) is 41.8 Å². The number of para-hydroxylation sites is 1. The number of rotatable bonds is 6. The van der Waals surface area contributed by atoms with Crippen LogP contribution in [0.15, 0.2) is 60.8 Å². The Hall–Kier alpha value is -2.72. The first-order valence-electron chi connectivity index (χ1n) is 10.4. The molecule has 0 fully saturated rings. The Bertz CT molecular complexity index is 946. The number of benzene rings is 2. The van der Waals surface area contributed by atoms with E-state index in [1.54, 1.807) is 14.2 Å². The average molecular weight is 391 g/mol. The quantitative estimate of drug-likeness (QED) is 0.588. The number of methoxy groups -OCH3 is 2. The van der Waals surface area contributed by atoms with Crippen molar-refractivity contribution in [3.05, 3.63) is 83.2 Å². The molecule has 152 valence electrons. The second kappa shape index (κ2) is 8.75. The molecule has 0 saturated heterocycles. The number of aryl methyl sites for hydroxylation is 2. The fourth-order valence-corrected chi connectivity index (χ4v) is 4.41. The van der Waals surface area contributed by atoms with Gasteiger partial charge in [0.1, 0.15) is 0 Å². The van der Waals surface area contributed by atoms with Gasteiger partial charge in [0.25, 0.3) is 0 Å². The normalized spacial score (nSPS) is 16.9. The van der Waals surface area contributed by atoms with Crippen molar-refractivity contribution < 1.29 is 9.47 Å². The van der Waals surface area contributed by atoms with E-state index in [0.717, 1.165) is 49.5 Å². The van der Waals surface area contributed by atoms with Gasteiger partial charge >= 0.3 is 0 Å². The molecule has 1 aliphatic heterocycles. The molecule has 2 heterocycles. The Morgan fingerprint density at radius 3 is 2.41 bits per heavy atom. The number of hydrogen-bond donors (Lipinski definition) is 0. The molecule has 4 rings (SSSR count). The molecule has 0 N–H and O–H groups in total. The fraction of sp³-hybridized carbons (Fsp3) is 0.360. The maximum absolute atomic E-state index is 5.82. The highest BCUT2D eigenvalue weighted by molar-refractivity contribution is 5.50. The zero-order valence-corrected chi connectivity index (χ0v) is 17.6. The third-order valence-electron chi connectivity index (χ3n) is 5.90. The minimum Gasteiger partial charge on any atom is -0.493 e. The number of hydrogen-bond acceptors (Lipinski definition) is 3. The third kappa shape index (κ3) is 3.90. The molecule has 4 heteroatoms. The van der Waals surface area contributed by atoms with Crippen molar-refractivity contribution >= 4 is 0 Å². The van der Waals surface area contributed by atoms with Gasteiger partial charge in [-0.2, -0.15) is 0 Å². The lowest BCUT2D eigenvalue weighted by Gasteiger charge is -2.32. The Labute approximate surface area is 173 Å². The van der Waals surface area contributed by atoms with Crippen molar-refractivity contribution in [2.75, 3.05) is 20.8 Å². The van der Waals surface area contributed by atoms with Crippen molar-refractivity contribution in [2.24, 2.45) is 0 Å². The molecule has 3 aromatic rings. The molecule has 0 spiro atoms. The lowest BCUT2D eigenvalue weighted by Crippen LogP contribution is -2.30. The highest BCUT2D eigenvalue weighted by atomic mass is 16.5. The molecule has 0 bridgehead atoms. The molecular weight excluding hydrogens is 360 g/mol. The molecule has 0 amide bonds. The van der Waals surface area contributed by atoms with E-state index in [-0.39, 0.29) is 6.04 Å². The van der Waals surface area contributed by atoms with Gasteiger partial charge in [0, 0.05) is 37.1 Å². The van der Waals surface area contributed by atoms with Crippen LogP contribution >= 0.6 is 0 Å². The summed E-state index contributed by atoms with van der Waals surface area (Å²) in [5.74, 6) is 1.60. The minimum atomic E-state index is 0.114. The van der Waals surface area contributed by atoms with Crippen LogP contribution in [0.2, 0.25) is 0 Å². The first-order valence-corrected chi connectivity index (χ1v) is 10.4. The largest absolute Gasteiger partial charge is 0.493 e. The number of aromatic nitrogens is 1. The summed E-state index contributed by atoms with van der Waals surface area (Å²) in [5.41, 5.74) is 5.18. The lowest BCUT2D eigenvalue weighted by atomic mass is 9.99. The van der Waals surface area contributed by atoms with Crippen LogP contribution in [-0.4, -0.2) is 30.2 Å². The maximum Gasteiger partial charge on any atom is 0.165 e. The number of nitrogens with zero attached hydrogens (tertiary/aromatic N) is 2. The van der Waals surface area contributed by atoms with Crippen molar-refractivity contribution in [2.45, 2.75) is 38.9 Å². The highest BCUT2D eigenvalue weighted by Crippen LogP contribution is 2.41. The SMILES string of the molecule is CCc1ccc(CN2CCCn3cccc3C2c2cccc(OC)c2OC)cc1. The monoisotopic (exact) mass is 390 g/mol. The molecular formula is C25H30N2O2. The molecule has 29 heavy (non-hydrogen) atoms. The average Bonchev–Trinajstić information content (AvgIpc) is 3.15. The Balaban J connectivity index is 1.77. The molecule has 1 aliphatic rings. The van der Waals surface area contributed by atoms with E-state index in [9.17, 15) is 0 Å². The maximum atomic E-state index is 5.82. The van der Waals surface area contributed by atoms with E-state index in [0.29, 0.717) is 0 Å². The molecule has 0 aliphatic carbocycles. The van der Waals surface area contributed by atoms with Crippen LogP contribution in [0.25, 0.3) is 0 Å².